The summed E-state index contributed by atoms with van der Waals surface area (Å²) >= 11 is 0. The van der Waals surface area contributed by atoms with Crippen LogP contribution in [0.1, 0.15) is 11.1 Å². The minimum absolute atomic E-state index is 0.360. The van der Waals surface area contributed by atoms with Crippen LogP contribution in [0, 0.1) is 23.5 Å². The number of phenolic OH excluding ortho intramolecular Hbond substituents is 2. The van der Waals surface area contributed by atoms with Crippen molar-refractivity contribution in [1.82, 2.24) is 0 Å². The Bertz CT molecular complexity index is 599. The first kappa shape index (κ1) is 11.9. The van der Waals surface area contributed by atoms with Crippen molar-refractivity contribution in [2.45, 2.75) is 0 Å². The molecule has 0 saturated carbocycles. The summed E-state index contributed by atoms with van der Waals surface area (Å²) in [7, 11) is 0. The normalized spacial score (nSPS) is 9.67. The van der Waals surface area contributed by atoms with E-state index in [1.807, 2.05) is 0 Å². The summed E-state index contributed by atoms with van der Waals surface area (Å²) in [5.74, 6) is 2.83. The van der Waals surface area contributed by atoms with Crippen LogP contribution < -0.4 is 0 Å². The highest BCUT2D eigenvalue weighted by molar-refractivity contribution is 5.45. The Morgan fingerprint density at radius 3 is 1.44 bits per heavy atom. The molecular formula is C14H8F2O2. The van der Waals surface area contributed by atoms with Crippen molar-refractivity contribution < 1.29 is 19.0 Å². The van der Waals surface area contributed by atoms with Gasteiger partial charge in [-0.15, -0.1) is 0 Å². The van der Waals surface area contributed by atoms with Gasteiger partial charge in [-0.05, 0) is 36.4 Å². The second kappa shape index (κ2) is 4.76. The second-order valence-corrected chi connectivity index (χ2v) is 3.58. The molecule has 2 aromatic rings. The molecule has 2 rings (SSSR count). The first-order chi connectivity index (χ1) is 8.56. The highest BCUT2D eigenvalue weighted by Crippen LogP contribution is 2.17. The Kier molecular flexibility index (Phi) is 3.16. The van der Waals surface area contributed by atoms with Gasteiger partial charge in [0.15, 0.2) is 23.1 Å². The van der Waals surface area contributed by atoms with Gasteiger partial charge in [-0.2, -0.15) is 0 Å². The third-order valence-electron chi connectivity index (χ3n) is 2.25. The molecule has 18 heavy (non-hydrogen) atoms. The molecule has 0 aliphatic carbocycles. The van der Waals surface area contributed by atoms with Crippen LogP contribution in [-0.4, -0.2) is 10.2 Å². The van der Waals surface area contributed by atoms with Gasteiger partial charge >= 0.3 is 0 Å². The van der Waals surface area contributed by atoms with Gasteiger partial charge < -0.3 is 10.2 Å². The molecule has 0 atom stereocenters. The maximum atomic E-state index is 13.0. The summed E-state index contributed by atoms with van der Waals surface area (Å²) in [6.07, 6.45) is 0. The zero-order valence-corrected chi connectivity index (χ0v) is 9.11. The lowest BCUT2D eigenvalue weighted by Crippen LogP contribution is -1.82. The fourth-order valence-corrected chi connectivity index (χ4v) is 1.31. The van der Waals surface area contributed by atoms with Crippen molar-refractivity contribution in [1.29, 1.82) is 0 Å². The number of hydrogen-bond acceptors (Lipinski definition) is 2. The molecule has 0 bridgehead atoms. The second-order valence-electron chi connectivity index (χ2n) is 3.58. The van der Waals surface area contributed by atoms with Gasteiger partial charge in [-0.1, -0.05) is 11.8 Å². The lowest BCUT2D eigenvalue weighted by Gasteiger charge is -1.96. The Morgan fingerprint density at radius 2 is 1.11 bits per heavy atom. The average Bonchev–Trinajstić information content (AvgIpc) is 2.35. The van der Waals surface area contributed by atoms with Crippen LogP contribution in [0.5, 0.6) is 11.5 Å². The van der Waals surface area contributed by atoms with E-state index in [0.717, 1.165) is 12.1 Å². The van der Waals surface area contributed by atoms with E-state index >= 15 is 0 Å². The molecule has 0 unspecified atom stereocenters. The van der Waals surface area contributed by atoms with Gasteiger partial charge in [0.1, 0.15) is 0 Å². The summed E-state index contributed by atoms with van der Waals surface area (Å²) in [6, 6.07) is 7.44. The maximum absolute atomic E-state index is 13.0. The van der Waals surface area contributed by atoms with E-state index < -0.39 is 23.1 Å². The number of benzene rings is 2. The Morgan fingerprint density at radius 1 is 0.722 bits per heavy atom. The molecule has 0 fully saturated rings. The summed E-state index contributed by atoms with van der Waals surface area (Å²) in [5.41, 5.74) is 0.720. The Balaban J connectivity index is 2.30. The first-order valence-corrected chi connectivity index (χ1v) is 5.05. The van der Waals surface area contributed by atoms with Gasteiger partial charge in [-0.3, -0.25) is 0 Å². The molecule has 2 nitrogen and oxygen atoms in total. The SMILES string of the molecule is Oc1ccc(C#Cc2ccc(O)c(F)c2)cc1F. The molecule has 0 radical (unpaired) electrons. The van der Waals surface area contributed by atoms with Gasteiger partial charge in [0.05, 0.1) is 0 Å². The third kappa shape index (κ3) is 2.58. The van der Waals surface area contributed by atoms with Crippen molar-refractivity contribution in [3.63, 3.8) is 0 Å². The summed E-state index contributed by atoms with van der Waals surface area (Å²) in [4.78, 5) is 0. The highest BCUT2D eigenvalue weighted by atomic mass is 19.1. The van der Waals surface area contributed by atoms with Gasteiger partial charge in [0, 0.05) is 11.1 Å². The molecule has 0 spiro atoms. The van der Waals surface area contributed by atoms with Crippen molar-refractivity contribution >= 4 is 0 Å². The quantitative estimate of drug-likeness (QED) is 0.702. The third-order valence-corrected chi connectivity index (χ3v) is 2.25. The minimum atomic E-state index is -0.765. The lowest BCUT2D eigenvalue weighted by molar-refractivity contribution is 0.432. The molecule has 4 heteroatoms. The van der Waals surface area contributed by atoms with E-state index in [0.29, 0.717) is 11.1 Å². The fraction of sp³-hybridized carbons (Fsp3) is 0. The van der Waals surface area contributed by atoms with Gasteiger partial charge in [0.25, 0.3) is 0 Å². The van der Waals surface area contributed by atoms with Crippen LogP contribution in [0.4, 0.5) is 8.78 Å². The van der Waals surface area contributed by atoms with E-state index in [-0.39, 0.29) is 0 Å². The molecule has 2 N–H and O–H groups in total. The number of hydrogen-bond donors (Lipinski definition) is 2. The van der Waals surface area contributed by atoms with E-state index in [1.54, 1.807) is 0 Å². The topological polar surface area (TPSA) is 40.5 Å². The number of rotatable bonds is 0. The molecule has 2 aromatic carbocycles. The largest absolute Gasteiger partial charge is 0.505 e. The molecule has 0 aliphatic rings. The van der Waals surface area contributed by atoms with Crippen molar-refractivity contribution in [3.8, 4) is 23.3 Å². The Hall–Kier alpha value is -2.54. The molecular weight excluding hydrogens is 238 g/mol. The van der Waals surface area contributed by atoms with Gasteiger partial charge in [-0.25, -0.2) is 8.78 Å². The lowest BCUT2D eigenvalue weighted by atomic mass is 10.1. The van der Waals surface area contributed by atoms with E-state index in [9.17, 15) is 8.78 Å². The zero-order chi connectivity index (χ0) is 13.1. The zero-order valence-electron chi connectivity index (χ0n) is 9.11. The van der Waals surface area contributed by atoms with Gasteiger partial charge in [0.2, 0.25) is 0 Å². The van der Waals surface area contributed by atoms with Crippen molar-refractivity contribution in [2.75, 3.05) is 0 Å². The standard InChI is InChI=1S/C14H8F2O2/c15-11-7-9(3-5-13(11)17)1-2-10-4-6-14(18)12(16)8-10/h3-8,17-18H. The fourth-order valence-electron chi connectivity index (χ4n) is 1.31. The smallest absolute Gasteiger partial charge is 0.166 e. The summed E-state index contributed by atoms with van der Waals surface area (Å²) < 4.78 is 26.0. The molecule has 0 heterocycles. The van der Waals surface area contributed by atoms with Crippen LogP contribution in [-0.2, 0) is 0 Å². The van der Waals surface area contributed by atoms with Crippen molar-refractivity contribution in [2.24, 2.45) is 0 Å². The monoisotopic (exact) mass is 246 g/mol. The number of halogens is 2. The minimum Gasteiger partial charge on any atom is -0.505 e. The molecule has 0 amide bonds. The first-order valence-electron chi connectivity index (χ1n) is 5.05. The van der Waals surface area contributed by atoms with Crippen LogP contribution in [0.3, 0.4) is 0 Å². The molecule has 0 aliphatic heterocycles. The predicted octanol–water partition coefficient (Wildman–Crippen LogP) is 2.78. The summed E-state index contributed by atoms with van der Waals surface area (Å²) in [6.45, 7) is 0. The predicted molar refractivity (Wildman–Crippen MR) is 62.1 cm³/mol. The molecule has 90 valence electrons. The van der Waals surface area contributed by atoms with Crippen LogP contribution in [0.25, 0.3) is 0 Å². The molecule has 0 aromatic heterocycles. The summed E-state index contributed by atoms with van der Waals surface area (Å²) in [5, 5.41) is 18.0. The van der Waals surface area contributed by atoms with E-state index in [1.165, 1.54) is 24.3 Å². The van der Waals surface area contributed by atoms with Crippen molar-refractivity contribution in [3.05, 3.63) is 59.2 Å². The average molecular weight is 246 g/mol. The van der Waals surface area contributed by atoms with E-state index in [2.05, 4.69) is 11.8 Å². The van der Waals surface area contributed by atoms with Crippen LogP contribution >= 0.6 is 0 Å². The van der Waals surface area contributed by atoms with E-state index in [4.69, 9.17) is 10.2 Å². The maximum Gasteiger partial charge on any atom is 0.166 e. The Labute approximate surface area is 102 Å². The van der Waals surface area contributed by atoms with Crippen LogP contribution in [0.15, 0.2) is 36.4 Å². The van der Waals surface area contributed by atoms with Crippen LogP contribution in [0.2, 0.25) is 0 Å². The number of aromatic hydroxyl groups is 2. The highest BCUT2D eigenvalue weighted by Gasteiger charge is 2.00. The molecule has 0 saturated heterocycles. The number of phenols is 2.